The average molecular weight is 430 g/mol. The van der Waals surface area contributed by atoms with E-state index in [1.54, 1.807) is 20.8 Å². The number of amides is 4. The summed E-state index contributed by atoms with van der Waals surface area (Å²) in [6.45, 7) is 5.56. The molecule has 0 aromatic carbocycles. The number of carboxylic acid groups (broad SMARTS) is 1. The Labute approximate surface area is 174 Å². The zero-order valence-corrected chi connectivity index (χ0v) is 17.6. The fourth-order valence-corrected chi connectivity index (χ4v) is 2.76. The third kappa shape index (κ3) is 7.85. The molecule has 0 unspecified atom stereocenters. The fraction of sp³-hybridized carbons (Fsp3) is 0.722. The Morgan fingerprint density at radius 1 is 1.17 bits per heavy atom. The molecule has 0 radical (unpaired) electrons. The van der Waals surface area contributed by atoms with Gasteiger partial charge in [-0.2, -0.15) is 0 Å². The largest absolute Gasteiger partial charge is 0.480 e. The SMILES string of the molecule is C[C@H](NC(=O)OC(C)(C)C)C(=O)NCC(=O)N1CCC[C@H]1C(=O)N[C@@H](CO)C(=O)O. The summed E-state index contributed by atoms with van der Waals surface area (Å²) in [6.07, 6.45) is 0.0927. The fourth-order valence-electron chi connectivity index (χ4n) is 2.76. The van der Waals surface area contributed by atoms with E-state index in [1.807, 2.05) is 0 Å². The number of likely N-dealkylation sites (tertiary alicyclic amines) is 1. The minimum Gasteiger partial charge on any atom is -0.480 e. The van der Waals surface area contributed by atoms with Crippen LogP contribution < -0.4 is 16.0 Å². The number of hydrogen-bond acceptors (Lipinski definition) is 7. The van der Waals surface area contributed by atoms with Gasteiger partial charge in [0.25, 0.3) is 0 Å². The van der Waals surface area contributed by atoms with Crippen molar-refractivity contribution in [3.05, 3.63) is 0 Å². The Bertz CT molecular complexity index is 676. The van der Waals surface area contributed by atoms with E-state index in [0.717, 1.165) is 0 Å². The zero-order valence-electron chi connectivity index (χ0n) is 17.6. The van der Waals surface area contributed by atoms with Crippen LogP contribution in [0.3, 0.4) is 0 Å². The third-order valence-electron chi connectivity index (χ3n) is 4.21. The molecule has 0 aliphatic carbocycles. The number of nitrogens with one attached hydrogen (secondary N) is 3. The van der Waals surface area contributed by atoms with Gasteiger partial charge < -0.3 is 35.8 Å². The van der Waals surface area contributed by atoms with Crippen LogP contribution >= 0.6 is 0 Å². The molecule has 12 nitrogen and oxygen atoms in total. The second kappa shape index (κ2) is 10.8. The van der Waals surface area contributed by atoms with E-state index in [9.17, 15) is 24.0 Å². The maximum atomic E-state index is 12.4. The monoisotopic (exact) mass is 430 g/mol. The molecule has 0 spiro atoms. The van der Waals surface area contributed by atoms with Crippen LogP contribution in [0.2, 0.25) is 0 Å². The number of alkyl carbamates (subject to hydrolysis) is 1. The van der Waals surface area contributed by atoms with Gasteiger partial charge in [0.15, 0.2) is 0 Å². The Morgan fingerprint density at radius 2 is 1.80 bits per heavy atom. The molecule has 1 heterocycles. The van der Waals surface area contributed by atoms with E-state index in [2.05, 4.69) is 16.0 Å². The molecule has 0 saturated carbocycles. The number of aliphatic hydroxyl groups excluding tert-OH is 1. The van der Waals surface area contributed by atoms with Crippen molar-refractivity contribution in [3.63, 3.8) is 0 Å². The molecule has 1 fully saturated rings. The maximum absolute atomic E-state index is 12.4. The lowest BCUT2D eigenvalue weighted by molar-refractivity contribution is -0.144. The van der Waals surface area contributed by atoms with Gasteiger partial charge in [-0.25, -0.2) is 9.59 Å². The molecule has 1 aliphatic heterocycles. The average Bonchev–Trinajstić information content (AvgIpc) is 3.11. The number of nitrogens with zero attached hydrogens (tertiary/aromatic N) is 1. The molecule has 3 atom stereocenters. The Kier molecular flexibility index (Phi) is 9.02. The highest BCUT2D eigenvalue weighted by Crippen LogP contribution is 2.17. The van der Waals surface area contributed by atoms with Crippen molar-refractivity contribution >= 4 is 29.8 Å². The zero-order chi connectivity index (χ0) is 23.1. The second-order valence-corrected chi connectivity index (χ2v) is 7.91. The normalized spacial score (nSPS) is 18.2. The highest BCUT2D eigenvalue weighted by Gasteiger charge is 2.35. The smallest absolute Gasteiger partial charge is 0.408 e. The van der Waals surface area contributed by atoms with Crippen molar-refractivity contribution < 1.29 is 38.9 Å². The molecular weight excluding hydrogens is 400 g/mol. The first-order valence-electron chi connectivity index (χ1n) is 9.56. The Morgan fingerprint density at radius 3 is 2.33 bits per heavy atom. The predicted molar refractivity (Wildman–Crippen MR) is 103 cm³/mol. The number of rotatable bonds is 8. The van der Waals surface area contributed by atoms with Gasteiger partial charge in [-0.05, 0) is 40.5 Å². The molecule has 1 saturated heterocycles. The summed E-state index contributed by atoms with van der Waals surface area (Å²) < 4.78 is 5.05. The lowest BCUT2D eigenvalue weighted by Crippen LogP contribution is -2.54. The lowest BCUT2D eigenvalue weighted by Gasteiger charge is -2.25. The van der Waals surface area contributed by atoms with Gasteiger partial charge in [0.1, 0.15) is 23.7 Å². The minimum absolute atomic E-state index is 0.273. The summed E-state index contributed by atoms with van der Waals surface area (Å²) in [4.78, 5) is 60.7. The first-order valence-corrected chi connectivity index (χ1v) is 9.56. The number of hydrogen-bond donors (Lipinski definition) is 5. The van der Waals surface area contributed by atoms with Gasteiger partial charge in [-0.15, -0.1) is 0 Å². The first kappa shape index (κ1) is 25.1. The first-order chi connectivity index (χ1) is 13.9. The second-order valence-electron chi connectivity index (χ2n) is 7.91. The summed E-state index contributed by atoms with van der Waals surface area (Å²) in [7, 11) is 0. The molecule has 30 heavy (non-hydrogen) atoms. The quantitative estimate of drug-likeness (QED) is 0.311. The molecule has 1 rings (SSSR count). The minimum atomic E-state index is -1.46. The Balaban J connectivity index is 2.56. The number of carbonyl (C=O) groups excluding carboxylic acids is 4. The van der Waals surface area contributed by atoms with Crippen LogP contribution in [0.4, 0.5) is 4.79 Å². The molecule has 5 N–H and O–H groups in total. The van der Waals surface area contributed by atoms with E-state index in [0.29, 0.717) is 12.8 Å². The van der Waals surface area contributed by atoms with Crippen molar-refractivity contribution in [2.45, 2.75) is 64.3 Å². The molecule has 1 aliphatic rings. The molecule has 12 heteroatoms. The number of aliphatic hydroxyl groups is 1. The molecular formula is C18H30N4O8. The highest BCUT2D eigenvalue weighted by atomic mass is 16.6. The van der Waals surface area contributed by atoms with E-state index < -0.39 is 66.7 Å². The van der Waals surface area contributed by atoms with Crippen LogP contribution in [0.15, 0.2) is 0 Å². The van der Waals surface area contributed by atoms with E-state index in [-0.39, 0.29) is 6.54 Å². The standard InChI is InChI=1S/C18H30N4O8/c1-10(20-17(29)30-18(2,3)4)14(25)19-8-13(24)22-7-5-6-12(22)15(26)21-11(9-23)16(27)28/h10-12,23H,5-9H2,1-4H3,(H,19,25)(H,20,29)(H,21,26)(H,27,28)/t10-,11-,12-/m0/s1. The van der Waals surface area contributed by atoms with Crippen molar-refractivity contribution in [1.29, 1.82) is 0 Å². The van der Waals surface area contributed by atoms with Crippen LogP contribution in [0.5, 0.6) is 0 Å². The number of ether oxygens (including phenoxy) is 1. The van der Waals surface area contributed by atoms with Crippen LogP contribution in [0.1, 0.15) is 40.5 Å². The highest BCUT2D eigenvalue weighted by molar-refractivity contribution is 5.93. The summed E-state index contributed by atoms with van der Waals surface area (Å²) in [5.74, 6) is -3.21. The number of carbonyl (C=O) groups is 5. The Hall–Kier alpha value is -2.89. The molecule has 0 bridgehead atoms. The van der Waals surface area contributed by atoms with Crippen molar-refractivity contribution in [1.82, 2.24) is 20.9 Å². The number of aliphatic carboxylic acids is 1. The molecule has 0 aromatic heterocycles. The van der Waals surface area contributed by atoms with E-state index in [1.165, 1.54) is 11.8 Å². The van der Waals surface area contributed by atoms with Gasteiger partial charge in [-0.3, -0.25) is 14.4 Å². The van der Waals surface area contributed by atoms with E-state index in [4.69, 9.17) is 14.9 Å². The topological polar surface area (TPSA) is 174 Å². The van der Waals surface area contributed by atoms with Crippen LogP contribution in [-0.2, 0) is 23.9 Å². The molecule has 170 valence electrons. The van der Waals surface area contributed by atoms with Crippen LogP contribution in [0, 0.1) is 0 Å². The van der Waals surface area contributed by atoms with Gasteiger partial charge in [0, 0.05) is 6.54 Å². The van der Waals surface area contributed by atoms with Gasteiger partial charge in [-0.1, -0.05) is 0 Å². The summed E-state index contributed by atoms with van der Waals surface area (Å²) in [5.41, 5.74) is -0.725. The molecule has 0 aromatic rings. The van der Waals surface area contributed by atoms with Gasteiger partial charge >= 0.3 is 12.1 Å². The predicted octanol–water partition coefficient (Wildman–Crippen LogP) is -1.43. The van der Waals surface area contributed by atoms with Crippen molar-refractivity contribution in [2.24, 2.45) is 0 Å². The number of carboxylic acids is 1. The summed E-state index contributed by atoms with van der Waals surface area (Å²) in [5, 5.41) is 24.9. The lowest BCUT2D eigenvalue weighted by atomic mass is 10.2. The third-order valence-corrected chi connectivity index (χ3v) is 4.21. The van der Waals surface area contributed by atoms with Gasteiger partial charge in [0.05, 0.1) is 13.2 Å². The van der Waals surface area contributed by atoms with E-state index >= 15 is 0 Å². The maximum Gasteiger partial charge on any atom is 0.408 e. The van der Waals surface area contributed by atoms with Gasteiger partial charge in [0.2, 0.25) is 17.7 Å². The van der Waals surface area contributed by atoms with Crippen LogP contribution in [-0.4, -0.2) is 88.3 Å². The van der Waals surface area contributed by atoms with Crippen molar-refractivity contribution in [3.8, 4) is 0 Å². The summed E-state index contributed by atoms with van der Waals surface area (Å²) in [6, 6.07) is -3.30. The van der Waals surface area contributed by atoms with Crippen LogP contribution in [0.25, 0.3) is 0 Å². The summed E-state index contributed by atoms with van der Waals surface area (Å²) >= 11 is 0. The molecule has 4 amide bonds. The van der Waals surface area contributed by atoms with Crippen molar-refractivity contribution in [2.75, 3.05) is 19.7 Å².